The summed E-state index contributed by atoms with van der Waals surface area (Å²) in [5.41, 5.74) is 2.67. The van der Waals surface area contributed by atoms with Crippen molar-refractivity contribution in [3.8, 4) is 0 Å². The monoisotopic (exact) mass is 171 g/mol. The molecule has 0 radical (unpaired) electrons. The van der Waals surface area contributed by atoms with E-state index in [1.54, 1.807) is 0 Å². The summed E-state index contributed by atoms with van der Waals surface area (Å²) in [6, 6.07) is 0.788. The van der Waals surface area contributed by atoms with Gasteiger partial charge in [-0.25, -0.2) is 0 Å². The fourth-order valence-corrected chi connectivity index (χ4v) is 1.80. The van der Waals surface area contributed by atoms with Crippen molar-refractivity contribution in [2.24, 2.45) is 5.84 Å². The number of hydrogen-bond donors (Lipinski definition) is 3. The van der Waals surface area contributed by atoms with Crippen molar-refractivity contribution in [2.75, 3.05) is 13.1 Å². The second-order valence-electron chi connectivity index (χ2n) is 3.60. The summed E-state index contributed by atoms with van der Waals surface area (Å²) in [6.07, 6.45) is 8.13. The smallest absolute Gasteiger partial charge is 0.0109 e. The molecule has 0 aromatic rings. The fourth-order valence-electron chi connectivity index (χ4n) is 1.80. The molecule has 0 bridgehead atoms. The highest BCUT2D eigenvalue weighted by Gasteiger charge is 2.11. The number of nitrogens with one attached hydrogen (secondary N) is 2. The van der Waals surface area contributed by atoms with Gasteiger partial charge in [-0.15, -0.1) is 0 Å². The first-order chi connectivity index (χ1) is 5.93. The van der Waals surface area contributed by atoms with Crippen LogP contribution < -0.4 is 16.6 Å². The Morgan fingerprint density at radius 2 is 1.83 bits per heavy atom. The summed E-state index contributed by atoms with van der Waals surface area (Å²) in [7, 11) is 0. The standard InChI is InChI=1S/C9H21N3/c10-12-8-4-7-11-9-5-2-1-3-6-9/h9,11-12H,1-8,10H2. The molecule has 0 aromatic carbocycles. The van der Waals surface area contributed by atoms with E-state index in [-0.39, 0.29) is 0 Å². The van der Waals surface area contributed by atoms with Gasteiger partial charge in [0.1, 0.15) is 0 Å². The summed E-state index contributed by atoms with van der Waals surface area (Å²) in [5.74, 6) is 5.17. The highest BCUT2D eigenvalue weighted by molar-refractivity contribution is 4.71. The molecule has 1 aliphatic carbocycles. The molecule has 12 heavy (non-hydrogen) atoms. The van der Waals surface area contributed by atoms with Crippen LogP contribution in [0.1, 0.15) is 38.5 Å². The molecule has 1 rings (SSSR count). The number of hydrazine groups is 1. The molecule has 1 aliphatic rings. The van der Waals surface area contributed by atoms with Gasteiger partial charge in [0.05, 0.1) is 0 Å². The Bertz CT molecular complexity index is 99.9. The van der Waals surface area contributed by atoms with Gasteiger partial charge in [0.15, 0.2) is 0 Å². The largest absolute Gasteiger partial charge is 0.314 e. The highest BCUT2D eigenvalue weighted by atomic mass is 15.2. The molecule has 0 amide bonds. The molecular formula is C9H21N3. The first kappa shape index (κ1) is 9.96. The summed E-state index contributed by atoms with van der Waals surface area (Å²) >= 11 is 0. The van der Waals surface area contributed by atoms with Crippen molar-refractivity contribution in [3.05, 3.63) is 0 Å². The normalized spacial score (nSPS) is 19.8. The van der Waals surface area contributed by atoms with Gasteiger partial charge in [-0.2, -0.15) is 0 Å². The van der Waals surface area contributed by atoms with Crippen molar-refractivity contribution < 1.29 is 0 Å². The van der Waals surface area contributed by atoms with Crippen LogP contribution in [-0.2, 0) is 0 Å². The molecule has 1 fully saturated rings. The molecule has 0 saturated heterocycles. The molecule has 0 atom stereocenters. The molecule has 3 heteroatoms. The topological polar surface area (TPSA) is 50.1 Å². The molecule has 4 N–H and O–H groups in total. The van der Waals surface area contributed by atoms with E-state index in [1.807, 2.05) is 0 Å². The predicted octanol–water partition coefficient (Wildman–Crippen LogP) is 0.762. The Labute approximate surface area is 75.1 Å². The summed E-state index contributed by atoms with van der Waals surface area (Å²) in [6.45, 7) is 2.02. The van der Waals surface area contributed by atoms with E-state index in [9.17, 15) is 0 Å². The number of nitrogens with two attached hydrogens (primary N) is 1. The van der Waals surface area contributed by atoms with Gasteiger partial charge in [0.25, 0.3) is 0 Å². The Morgan fingerprint density at radius 1 is 1.08 bits per heavy atom. The Kier molecular flexibility index (Phi) is 5.32. The maximum absolute atomic E-state index is 5.17. The third-order valence-corrected chi connectivity index (χ3v) is 2.54. The predicted molar refractivity (Wildman–Crippen MR) is 51.7 cm³/mol. The van der Waals surface area contributed by atoms with Crippen LogP contribution in [0.3, 0.4) is 0 Å². The summed E-state index contributed by atoms with van der Waals surface area (Å²) in [5, 5.41) is 3.56. The third-order valence-electron chi connectivity index (χ3n) is 2.54. The Hall–Kier alpha value is -0.120. The number of rotatable bonds is 5. The van der Waals surface area contributed by atoms with Crippen LogP contribution in [0.4, 0.5) is 0 Å². The average Bonchev–Trinajstić information content (AvgIpc) is 2.14. The van der Waals surface area contributed by atoms with Gasteiger partial charge in [-0.05, 0) is 25.8 Å². The van der Waals surface area contributed by atoms with E-state index in [1.165, 1.54) is 32.1 Å². The van der Waals surface area contributed by atoms with Crippen molar-refractivity contribution in [1.82, 2.24) is 10.7 Å². The minimum absolute atomic E-state index is 0.788. The second kappa shape index (κ2) is 6.40. The number of hydrogen-bond acceptors (Lipinski definition) is 3. The molecule has 3 nitrogen and oxygen atoms in total. The lowest BCUT2D eigenvalue weighted by Crippen LogP contribution is -2.34. The lowest BCUT2D eigenvalue weighted by Gasteiger charge is -2.22. The van der Waals surface area contributed by atoms with E-state index >= 15 is 0 Å². The van der Waals surface area contributed by atoms with Crippen molar-refractivity contribution >= 4 is 0 Å². The minimum Gasteiger partial charge on any atom is -0.314 e. The van der Waals surface area contributed by atoms with Crippen molar-refractivity contribution in [1.29, 1.82) is 0 Å². The maximum atomic E-state index is 5.17. The third kappa shape index (κ3) is 4.04. The van der Waals surface area contributed by atoms with Gasteiger partial charge >= 0.3 is 0 Å². The Morgan fingerprint density at radius 3 is 2.50 bits per heavy atom. The van der Waals surface area contributed by atoms with Crippen molar-refractivity contribution in [3.63, 3.8) is 0 Å². The van der Waals surface area contributed by atoms with Gasteiger partial charge < -0.3 is 5.32 Å². The molecule has 0 unspecified atom stereocenters. The van der Waals surface area contributed by atoms with E-state index in [4.69, 9.17) is 5.84 Å². The van der Waals surface area contributed by atoms with Crippen LogP contribution in [0.2, 0.25) is 0 Å². The lowest BCUT2D eigenvalue weighted by molar-refractivity contribution is 0.371. The molecular weight excluding hydrogens is 150 g/mol. The van der Waals surface area contributed by atoms with Gasteiger partial charge in [-0.1, -0.05) is 19.3 Å². The first-order valence-corrected chi connectivity index (χ1v) is 5.10. The van der Waals surface area contributed by atoms with Crippen LogP contribution in [-0.4, -0.2) is 19.1 Å². The second-order valence-corrected chi connectivity index (χ2v) is 3.60. The zero-order chi connectivity index (χ0) is 8.65. The fraction of sp³-hybridized carbons (Fsp3) is 1.00. The van der Waals surface area contributed by atoms with Crippen molar-refractivity contribution in [2.45, 2.75) is 44.6 Å². The molecule has 1 saturated carbocycles. The lowest BCUT2D eigenvalue weighted by atomic mass is 9.95. The van der Waals surface area contributed by atoms with E-state index in [2.05, 4.69) is 10.7 Å². The van der Waals surface area contributed by atoms with Crippen LogP contribution in [0.15, 0.2) is 0 Å². The van der Waals surface area contributed by atoms with Gasteiger partial charge in [0, 0.05) is 12.6 Å². The van der Waals surface area contributed by atoms with Crippen LogP contribution in [0, 0.1) is 0 Å². The van der Waals surface area contributed by atoms with E-state index in [0.717, 1.165) is 25.6 Å². The first-order valence-electron chi connectivity index (χ1n) is 5.10. The average molecular weight is 171 g/mol. The van der Waals surface area contributed by atoms with Crippen LogP contribution >= 0.6 is 0 Å². The van der Waals surface area contributed by atoms with Crippen LogP contribution in [0.25, 0.3) is 0 Å². The van der Waals surface area contributed by atoms with Gasteiger partial charge in [0.2, 0.25) is 0 Å². The highest BCUT2D eigenvalue weighted by Crippen LogP contribution is 2.16. The van der Waals surface area contributed by atoms with E-state index < -0.39 is 0 Å². The minimum atomic E-state index is 0.788. The summed E-state index contributed by atoms with van der Waals surface area (Å²) in [4.78, 5) is 0. The molecule has 72 valence electrons. The van der Waals surface area contributed by atoms with Crippen LogP contribution in [0.5, 0.6) is 0 Å². The quantitative estimate of drug-likeness (QED) is 0.325. The zero-order valence-corrected chi connectivity index (χ0v) is 7.81. The van der Waals surface area contributed by atoms with Gasteiger partial charge in [-0.3, -0.25) is 11.3 Å². The SMILES string of the molecule is NNCCCNC1CCCCC1. The maximum Gasteiger partial charge on any atom is 0.0109 e. The summed E-state index contributed by atoms with van der Waals surface area (Å²) < 4.78 is 0. The Balaban J connectivity index is 1.91. The molecule has 0 aromatic heterocycles. The molecule has 0 heterocycles. The molecule has 0 spiro atoms. The molecule has 0 aliphatic heterocycles. The van der Waals surface area contributed by atoms with E-state index in [0.29, 0.717) is 0 Å². The zero-order valence-electron chi connectivity index (χ0n) is 7.81.